The predicted molar refractivity (Wildman–Crippen MR) is 120 cm³/mol. The van der Waals surface area contributed by atoms with Crippen molar-refractivity contribution in [2.75, 3.05) is 27.5 Å². The summed E-state index contributed by atoms with van der Waals surface area (Å²) in [6.07, 6.45) is 3.20. The molecule has 2 aromatic rings. The van der Waals surface area contributed by atoms with Crippen LogP contribution in [0.25, 0.3) is 0 Å². The number of thioether (sulfide) groups is 1. The molecule has 4 rings (SSSR count). The topological polar surface area (TPSA) is 99.3 Å². The third kappa shape index (κ3) is 4.49. The summed E-state index contributed by atoms with van der Waals surface area (Å²) >= 11 is 1.80. The van der Waals surface area contributed by atoms with Gasteiger partial charge in [0.2, 0.25) is 11.8 Å². The Morgan fingerprint density at radius 2 is 1.67 bits per heavy atom. The minimum Gasteiger partial charge on any atom is -0.361 e. The monoisotopic (exact) mass is 422 g/mol. The number of anilines is 3. The lowest BCUT2D eigenvalue weighted by Crippen LogP contribution is -2.57. The van der Waals surface area contributed by atoms with Crippen molar-refractivity contribution in [2.24, 2.45) is 0 Å². The molecule has 7 nitrogen and oxygen atoms in total. The molecule has 30 heavy (non-hydrogen) atoms. The lowest BCUT2D eigenvalue weighted by Gasteiger charge is -2.37. The van der Waals surface area contributed by atoms with Gasteiger partial charge < -0.3 is 21.3 Å². The molecule has 2 aromatic carbocycles. The minimum absolute atomic E-state index is 0.157. The summed E-state index contributed by atoms with van der Waals surface area (Å²) in [6, 6.07) is 12.5. The molecule has 1 unspecified atom stereocenters. The Balaban J connectivity index is 1.37. The lowest BCUT2D eigenvalue weighted by atomic mass is 10.0. The van der Waals surface area contributed by atoms with E-state index < -0.39 is 11.8 Å². The Bertz CT molecular complexity index is 1030. The van der Waals surface area contributed by atoms with Gasteiger partial charge in [0.15, 0.2) is 0 Å². The molecular formula is C22H22N4O3S. The van der Waals surface area contributed by atoms with E-state index >= 15 is 0 Å². The number of fused-ring (bicyclic) bond motifs is 1. The second-order valence-electron chi connectivity index (χ2n) is 7.40. The van der Waals surface area contributed by atoms with Crippen LogP contribution in [-0.2, 0) is 9.59 Å². The van der Waals surface area contributed by atoms with E-state index in [2.05, 4.69) is 21.3 Å². The lowest BCUT2D eigenvalue weighted by molar-refractivity contribution is -0.114. The number of nitrogens with one attached hydrogen (secondary N) is 4. The van der Waals surface area contributed by atoms with E-state index in [1.807, 2.05) is 19.1 Å². The summed E-state index contributed by atoms with van der Waals surface area (Å²) in [5.74, 6) is 0.812. The second kappa shape index (κ2) is 8.23. The molecule has 1 spiro atoms. The fourth-order valence-corrected chi connectivity index (χ4v) is 4.69. The Kier molecular flexibility index (Phi) is 5.50. The standard InChI is InChI=1S/C22H22N4O3S/c1-14-2-4-15(5-3-14)23-19(27)8-9-20(28)24-16-6-7-18-17(12-16)21(29)26-22(25-18)10-11-30-13-22/h2-9,12,25H,10-11,13H2,1H3,(H,23,27)(H,24,28)(H,26,29)/b9-8+. The molecule has 2 heterocycles. The van der Waals surface area contributed by atoms with Gasteiger partial charge in [-0.05, 0) is 49.4 Å². The quantitative estimate of drug-likeness (QED) is 0.568. The largest absolute Gasteiger partial charge is 0.361 e. The molecule has 0 aliphatic carbocycles. The summed E-state index contributed by atoms with van der Waals surface area (Å²) in [7, 11) is 0. The van der Waals surface area contributed by atoms with E-state index in [1.54, 1.807) is 42.1 Å². The SMILES string of the molecule is Cc1ccc(NC(=O)/C=C/C(=O)Nc2ccc3c(c2)C(=O)NC2(CCSC2)N3)cc1. The number of hydrogen-bond donors (Lipinski definition) is 4. The van der Waals surface area contributed by atoms with Crippen molar-refractivity contribution in [2.45, 2.75) is 19.0 Å². The summed E-state index contributed by atoms with van der Waals surface area (Å²) in [5, 5.41) is 11.8. The zero-order valence-electron chi connectivity index (χ0n) is 16.5. The molecule has 2 aliphatic heterocycles. The fourth-order valence-electron chi connectivity index (χ4n) is 3.41. The average Bonchev–Trinajstić information content (AvgIpc) is 3.16. The molecule has 4 N–H and O–H groups in total. The maximum atomic E-state index is 12.6. The van der Waals surface area contributed by atoms with Gasteiger partial charge in [-0.25, -0.2) is 0 Å². The number of hydrogen-bond acceptors (Lipinski definition) is 5. The number of aryl methyl sites for hydroxylation is 1. The van der Waals surface area contributed by atoms with Crippen LogP contribution in [0, 0.1) is 6.92 Å². The van der Waals surface area contributed by atoms with Crippen molar-refractivity contribution >= 4 is 46.5 Å². The van der Waals surface area contributed by atoms with Gasteiger partial charge in [-0.2, -0.15) is 11.8 Å². The summed E-state index contributed by atoms with van der Waals surface area (Å²) in [5.41, 5.74) is 3.09. The van der Waals surface area contributed by atoms with E-state index in [9.17, 15) is 14.4 Å². The van der Waals surface area contributed by atoms with Gasteiger partial charge >= 0.3 is 0 Å². The molecule has 2 aliphatic rings. The Labute approximate surface area is 178 Å². The maximum Gasteiger partial charge on any atom is 0.255 e. The van der Waals surface area contributed by atoms with Gasteiger partial charge in [-0.15, -0.1) is 0 Å². The third-order valence-corrected chi connectivity index (χ3v) is 6.18. The molecule has 0 aromatic heterocycles. The van der Waals surface area contributed by atoms with E-state index in [1.165, 1.54) is 6.08 Å². The molecule has 154 valence electrons. The highest BCUT2D eigenvalue weighted by molar-refractivity contribution is 7.99. The van der Waals surface area contributed by atoms with Gasteiger partial charge in [0.1, 0.15) is 5.66 Å². The van der Waals surface area contributed by atoms with Crippen LogP contribution in [0.3, 0.4) is 0 Å². The predicted octanol–water partition coefficient (Wildman–Crippen LogP) is 3.12. The number of benzene rings is 2. The fraction of sp³-hybridized carbons (Fsp3) is 0.227. The average molecular weight is 423 g/mol. The van der Waals surface area contributed by atoms with Crippen LogP contribution < -0.4 is 21.3 Å². The van der Waals surface area contributed by atoms with E-state index in [4.69, 9.17) is 0 Å². The third-order valence-electron chi connectivity index (χ3n) is 4.99. The normalized spacial score (nSPS) is 19.8. The minimum atomic E-state index is -0.457. The zero-order chi connectivity index (χ0) is 21.1. The first-order valence-corrected chi connectivity index (χ1v) is 10.8. The Hall–Kier alpha value is -3.26. The number of amides is 3. The van der Waals surface area contributed by atoms with Crippen LogP contribution in [-0.4, -0.2) is 34.9 Å². The number of rotatable bonds is 4. The molecular weight excluding hydrogens is 400 g/mol. The van der Waals surface area contributed by atoms with Crippen molar-refractivity contribution in [1.82, 2.24) is 5.32 Å². The van der Waals surface area contributed by atoms with Crippen molar-refractivity contribution in [1.29, 1.82) is 0 Å². The molecule has 3 amide bonds. The zero-order valence-corrected chi connectivity index (χ0v) is 17.3. The van der Waals surface area contributed by atoms with Crippen LogP contribution >= 0.6 is 11.8 Å². The van der Waals surface area contributed by atoms with E-state index in [-0.39, 0.29) is 11.6 Å². The van der Waals surface area contributed by atoms with E-state index in [0.717, 1.165) is 35.3 Å². The maximum absolute atomic E-state index is 12.6. The number of carbonyl (C=O) groups is 3. The summed E-state index contributed by atoms with van der Waals surface area (Å²) < 4.78 is 0. The Morgan fingerprint density at radius 1 is 1.00 bits per heavy atom. The molecule has 0 bridgehead atoms. The van der Waals surface area contributed by atoms with Gasteiger partial charge in [-0.1, -0.05) is 17.7 Å². The van der Waals surface area contributed by atoms with Crippen LogP contribution in [0.5, 0.6) is 0 Å². The highest BCUT2D eigenvalue weighted by Gasteiger charge is 2.40. The van der Waals surface area contributed by atoms with Crippen molar-refractivity contribution in [3.8, 4) is 0 Å². The van der Waals surface area contributed by atoms with Gasteiger partial charge in [0.25, 0.3) is 5.91 Å². The smallest absolute Gasteiger partial charge is 0.255 e. The van der Waals surface area contributed by atoms with Crippen molar-refractivity contribution in [3.05, 3.63) is 65.7 Å². The molecule has 8 heteroatoms. The first-order valence-electron chi connectivity index (χ1n) is 9.62. The second-order valence-corrected chi connectivity index (χ2v) is 8.51. The highest BCUT2D eigenvalue weighted by atomic mass is 32.2. The first-order chi connectivity index (χ1) is 14.4. The number of carbonyl (C=O) groups excluding carboxylic acids is 3. The Morgan fingerprint density at radius 3 is 2.33 bits per heavy atom. The molecule has 1 saturated heterocycles. The molecule has 0 saturated carbocycles. The van der Waals surface area contributed by atoms with Gasteiger partial charge in [-0.3, -0.25) is 14.4 Å². The van der Waals surface area contributed by atoms with Gasteiger partial charge in [0.05, 0.1) is 5.56 Å². The first kappa shape index (κ1) is 20.0. The summed E-state index contributed by atoms with van der Waals surface area (Å²) in [4.78, 5) is 36.7. The van der Waals surface area contributed by atoms with Crippen molar-refractivity contribution in [3.63, 3.8) is 0 Å². The van der Waals surface area contributed by atoms with Crippen LogP contribution in [0.4, 0.5) is 17.1 Å². The molecule has 1 fully saturated rings. The van der Waals surface area contributed by atoms with Crippen molar-refractivity contribution < 1.29 is 14.4 Å². The van der Waals surface area contributed by atoms with Crippen LogP contribution in [0.15, 0.2) is 54.6 Å². The highest BCUT2D eigenvalue weighted by Crippen LogP contribution is 2.35. The van der Waals surface area contributed by atoms with Gasteiger partial charge in [0, 0.05) is 35.0 Å². The molecule has 1 atom stereocenters. The van der Waals surface area contributed by atoms with Crippen LogP contribution in [0.1, 0.15) is 22.3 Å². The van der Waals surface area contributed by atoms with E-state index in [0.29, 0.717) is 16.9 Å². The van der Waals surface area contributed by atoms with Crippen LogP contribution in [0.2, 0.25) is 0 Å². The molecule has 0 radical (unpaired) electrons. The summed E-state index contributed by atoms with van der Waals surface area (Å²) in [6.45, 7) is 1.96.